The predicted octanol–water partition coefficient (Wildman–Crippen LogP) is 3.78. The number of anilines is 1. The maximum absolute atomic E-state index is 13.8. The Balaban J connectivity index is 2.40. The molecule has 0 saturated carbocycles. The minimum Gasteiger partial charge on any atom is -0.277 e. The second-order valence-corrected chi connectivity index (χ2v) is 5.91. The second-order valence-electron chi connectivity index (χ2n) is 4.22. The fourth-order valence-corrected chi connectivity index (χ4v) is 2.71. The molecule has 2 rings (SSSR count). The van der Waals surface area contributed by atoms with Crippen molar-refractivity contribution in [3.63, 3.8) is 0 Å². The molecule has 118 valence electrons. The third kappa shape index (κ3) is 3.35. The summed E-state index contributed by atoms with van der Waals surface area (Å²) in [4.78, 5) is -0.411. The van der Waals surface area contributed by atoms with E-state index < -0.39 is 44.0 Å². The average molecular weight is 337 g/mol. The predicted molar refractivity (Wildman–Crippen MR) is 68.6 cm³/mol. The quantitative estimate of drug-likeness (QED) is 0.867. The molecule has 0 spiro atoms. The first-order valence-corrected chi connectivity index (χ1v) is 7.24. The molecule has 0 radical (unpaired) electrons. The molecular formula is C13H8F5NO2S. The Morgan fingerprint density at radius 3 is 2.05 bits per heavy atom. The number of alkyl halides is 3. The molecule has 1 N–H and O–H groups in total. The third-order valence-corrected chi connectivity index (χ3v) is 4.05. The Morgan fingerprint density at radius 1 is 0.909 bits per heavy atom. The smallest absolute Gasteiger partial charge is 0.277 e. The lowest BCUT2D eigenvalue weighted by Gasteiger charge is -2.13. The van der Waals surface area contributed by atoms with E-state index in [0.717, 1.165) is 36.4 Å². The van der Waals surface area contributed by atoms with Gasteiger partial charge in [0, 0.05) is 0 Å². The molecule has 0 aliphatic rings. The highest BCUT2D eigenvalue weighted by Crippen LogP contribution is 2.34. The van der Waals surface area contributed by atoms with Crippen molar-refractivity contribution in [3.8, 4) is 0 Å². The number of benzene rings is 2. The summed E-state index contributed by atoms with van der Waals surface area (Å²) in [5, 5.41) is 0. The van der Waals surface area contributed by atoms with Crippen LogP contribution >= 0.6 is 0 Å². The number of nitrogens with one attached hydrogen (secondary N) is 1. The van der Waals surface area contributed by atoms with E-state index in [1.807, 2.05) is 0 Å². The fourth-order valence-electron chi connectivity index (χ4n) is 1.65. The number of sulfonamides is 1. The zero-order chi connectivity index (χ0) is 16.5. The zero-order valence-corrected chi connectivity index (χ0v) is 11.5. The van der Waals surface area contributed by atoms with Crippen molar-refractivity contribution in [3.05, 3.63) is 59.7 Å². The van der Waals surface area contributed by atoms with Crippen molar-refractivity contribution in [1.82, 2.24) is 0 Å². The van der Waals surface area contributed by atoms with Gasteiger partial charge in [0.15, 0.2) is 5.82 Å². The summed E-state index contributed by atoms with van der Waals surface area (Å²) in [7, 11) is -4.34. The van der Waals surface area contributed by atoms with Crippen molar-refractivity contribution >= 4 is 15.7 Å². The molecule has 2 aromatic carbocycles. The summed E-state index contributed by atoms with van der Waals surface area (Å²) in [5.41, 5.74) is -2.44. The summed E-state index contributed by atoms with van der Waals surface area (Å²) in [6.07, 6.45) is -4.96. The van der Waals surface area contributed by atoms with Crippen molar-refractivity contribution < 1.29 is 30.4 Å². The van der Waals surface area contributed by atoms with E-state index in [0.29, 0.717) is 6.07 Å². The Bertz CT molecular complexity index is 785. The number of hydrogen-bond acceptors (Lipinski definition) is 2. The fraction of sp³-hybridized carbons (Fsp3) is 0.0769. The molecule has 22 heavy (non-hydrogen) atoms. The molecule has 0 saturated heterocycles. The van der Waals surface area contributed by atoms with E-state index in [4.69, 9.17) is 0 Å². The van der Waals surface area contributed by atoms with Crippen molar-refractivity contribution in [2.24, 2.45) is 0 Å². The molecule has 0 amide bonds. The zero-order valence-electron chi connectivity index (χ0n) is 10.7. The second kappa shape index (κ2) is 5.56. The largest absolute Gasteiger partial charge is 0.419 e. The van der Waals surface area contributed by atoms with Gasteiger partial charge in [-0.15, -0.1) is 0 Å². The normalized spacial score (nSPS) is 12.2. The van der Waals surface area contributed by atoms with Gasteiger partial charge in [0.2, 0.25) is 0 Å². The van der Waals surface area contributed by atoms with E-state index in [1.165, 1.54) is 0 Å². The van der Waals surface area contributed by atoms with Gasteiger partial charge in [0.1, 0.15) is 5.82 Å². The average Bonchev–Trinajstić information content (AvgIpc) is 2.40. The molecule has 0 aliphatic heterocycles. The minimum absolute atomic E-state index is 0.411. The van der Waals surface area contributed by atoms with Gasteiger partial charge < -0.3 is 0 Å². The summed E-state index contributed by atoms with van der Waals surface area (Å²) < 4.78 is 89.8. The lowest BCUT2D eigenvalue weighted by atomic mass is 10.2. The molecule has 3 nitrogen and oxygen atoms in total. The van der Waals surface area contributed by atoms with Gasteiger partial charge in [0.05, 0.1) is 16.1 Å². The lowest BCUT2D eigenvalue weighted by Crippen LogP contribution is -2.16. The van der Waals surface area contributed by atoms with Crippen LogP contribution in [0.5, 0.6) is 0 Å². The van der Waals surface area contributed by atoms with Crippen LogP contribution in [0.2, 0.25) is 0 Å². The van der Waals surface area contributed by atoms with E-state index in [2.05, 4.69) is 0 Å². The van der Waals surface area contributed by atoms with E-state index in [9.17, 15) is 30.4 Å². The summed E-state index contributed by atoms with van der Waals surface area (Å²) in [6, 6.07) is 5.74. The summed E-state index contributed by atoms with van der Waals surface area (Å²) >= 11 is 0. The van der Waals surface area contributed by atoms with E-state index in [-0.39, 0.29) is 0 Å². The molecule has 0 aliphatic carbocycles. The molecule has 0 fully saturated rings. The molecule has 9 heteroatoms. The summed E-state index contributed by atoms with van der Waals surface area (Å²) in [5.74, 6) is -2.43. The molecule has 0 unspecified atom stereocenters. The first-order valence-electron chi connectivity index (χ1n) is 5.75. The van der Waals surface area contributed by atoms with Crippen LogP contribution in [-0.2, 0) is 16.2 Å². The topological polar surface area (TPSA) is 46.2 Å². The Morgan fingerprint density at radius 2 is 1.50 bits per heavy atom. The van der Waals surface area contributed by atoms with Crippen molar-refractivity contribution in [2.45, 2.75) is 11.1 Å². The van der Waals surface area contributed by atoms with Crippen LogP contribution in [0, 0.1) is 11.6 Å². The Labute approximate surface area is 122 Å². The summed E-state index contributed by atoms with van der Waals surface area (Å²) in [6.45, 7) is 0. The van der Waals surface area contributed by atoms with Crippen LogP contribution in [0.15, 0.2) is 47.4 Å². The number of halogens is 5. The van der Waals surface area contributed by atoms with E-state index in [1.54, 1.807) is 4.72 Å². The highest BCUT2D eigenvalue weighted by atomic mass is 32.2. The van der Waals surface area contributed by atoms with Crippen LogP contribution in [0.4, 0.5) is 27.6 Å². The maximum Gasteiger partial charge on any atom is 0.419 e. The Kier molecular flexibility index (Phi) is 4.10. The molecule has 2 aromatic rings. The first-order chi connectivity index (χ1) is 10.1. The highest BCUT2D eigenvalue weighted by Gasteiger charge is 2.35. The standard InChI is InChI=1S/C13H8F5NO2S/c14-8-4-6-9(7-5-8)22(20,21)19-11-3-1-2-10(12(11)15)13(16,17)18/h1-7,19H. The van der Waals surface area contributed by atoms with Gasteiger partial charge in [0.25, 0.3) is 10.0 Å². The van der Waals surface area contributed by atoms with E-state index >= 15 is 0 Å². The molecule has 0 aromatic heterocycles. The van der Waals surface area contributed by atoms with Gasteiger partial charge >= 0.3 is 6.18 Å². The van der Waals surface area contributed by atoms with Gasteiger partial charge in [-0.3, -0.25) is 4.72 Å². The van der Waals surface area contributed by atoms with Gasteiger partial charge in [-0.2, -0.15) is 13.2 Å². The monoisotopic (exact) mass is 337 g/mol. The van der Waals surface area contributed by atoms with Crippen LogP contribution in [0.1, 0.15) is 5.56 Å². The van der Waals surface area contributed by atoms with Crippen molar-refractivity contribution in [1.29, 1.82) is 0 Å². The lowest BCUT2D eigenvalue weighted by molar-refractivity contribution is -0.139. The van der Waals surface area contributed by atoms with Crippen LogP contribution in [0.25, 0.3) is 0 Å². The van der Waals surface area contributed by atoms with Gasteiger partial charge in [-0.1, -0.05) is 6.07 Å². The highest BCUT2D eigenvalue weighted by molar-refractivity contribution is 7.92. The molecular weight excluding hydrogens is 329 g/mol. The van der Waals surface area contributed by atoms with Crippen LogP contribution < -0.4 is 4.72 Å². The van der Waals surface area contributed by atoms with Crippen LogP contribution in [-0.4, -0.2) is 8.42 Å². The minimum atomic E-state index is -4.96. The maximum atomic E-state index is 13.8. The molecule has 0 atom stereocenters. The third-order valence-electron chi connectivity index (χ3n) is 2.67. The van der Waals surface area contributed by atoms with Gasteiger partial charge in [-0.05, 0) is 36.4 Å². The van der Waals surface area contributed by atoms with Crippen molar-refractivity contribution in [2.75, 3.05) is 4.72 Å². The SMILES string of the molecule is O=S(=O)(Nc1cccc(C(F)(F)F)c1F)c1ccc(F)cc1. The Hall–Kier alpha value is -2.16. The molecule has 0 bridgehead atoms. The number of rotatable bonds is 3. The van der Waals surface area contributed by atoms with Crippen LogP contribution in [0.3, 0.4) is 0 Å². The first kappa shape index (κ1) is 16.2. The molecule has 0 heterocycles. The van der Waals surface area contributed by atoms with Gasteiger partial charge in [-0.25, -0.2) is 17.2 Å². The number of hydrogen-bond donors (Lipinski definition) is 1.